The van der Waals surface area contributed by atoms with Crippen LogP contribution < -0.4 is 0 Å². The Morgan fingerprint density at radius 3 is 2.77 bits per heavy atom. The Morgan fingerprint density at radius 1 is 1.23 bits per heavy atom. The maximum Gasteiger partial charge on any atom is 0.178 e. The summed E-state index contributed by atoms with van der Waals surface area (Å²) in [6.45, 7) is 6.59. The number of allylic oxidation sites excluding steroid dienone is 6. The van der Waals surface area contributed by atoms with Crippen molar-refractivity contribution in [3.05, 3.63) is 35.5 Å². The van der Waals surface area contributed by atoms with Gasteiger partial charge in [-0.05, 0) is 69.9 Å². The second kappa shape index (κ2) is 4.23. The van der Waals surface area contributed by atoms with E-state index in [4.69, 9.17) is 0 Å². The molecule has 0 aromatic rings. The third-order valence-corrected chi connectivity index (χ3v) is 7.51. The van der Waals surface area contributed by atoms with Crippen LogP contribution in [0.4, 0.5) is 0 Å². The van der Waals surface area contributed by atoms with Gasteiger partial charge >= 0.3 is 0 Å². The van der Waals surface area contributed by atoms with Crippen LogP contribution >= 0.6 is 0 Å². The van der Waals surface area contributed by atoms with E-state index in [1.807, 2.05) is 13.0 Å². The molecule has 118 valence electrons. The van der Waals surface area contributed by atoms with Gasteiger partial charge in [-0.3, -0.25) is 4.79 Å². The van der Waals surface area contributed by atoms with Crippen molar-refractivity contribution in [3.8, 4) is 0 Å². The maximum atomic E-state index is 11.7. The Bertz CT molecular complexity index is 636. The molecule has 0 bridgehead atoms. The lowest BCUT2D eigenvalue weighted by atomic mass is 9.52. The summed E-state index contributed by atoms with van der Waals surface area (Å²) in [5.41, 5.74) is 2.19. The monoisotopic (exact) mass is 298 g/mol. The Balaban J connectivity index is 1.79. The highest BCUT2D eigenvalue weighted by Gasteiger charge is 2.59. The van der Waals surface area contributed by atoms with Crippen molar-refractivity contribution in [1.82, 2.24) is 0 Å². The molecule has 5 atom stereocenters. The molecular weight excluding hydrogens is 272 g/mol. The predicted molar refractivity (Wildman–Crippen MR) is 87.2 cm³/mol. The van der Waals surface area contributed by atoms with E-state index in [-0.39, 0.29) is 16.6 Å². The highest BCUT2D eigenvalue weighted by molar-refractivity contribution is 6.01. The van der Waals surface area contributed by atoms with E-state index in [2.05, 4.69) is 26.0 Å². The molecule has 4 aliphatic rings. The lowest BCUT2D eigenvalue weighted by Gasteiger charge is -2.53. The highest BCUT2D eigenvalue weighted by Crippen LogP contribution is 2.64. The molecule has 0 heterocycles. The van der Waals surface area contributed by atoms with E-state index in [9.17, 15) is 9.90 Å². The Hall–Kier alpha value is -1.15. The second-order valence-corrected chi connectivity index (χ2v) is 8.45. The molecule has 2 fully saturated rings. The van der Waals surface area contributed by atoms with Crippen LogP contribution in [0.1, 0.15) is 52.9 Å². The van der Waals surface area contributed by atoms with Crippen LogP contribution in [-0.4, -0.2) is 16.5 Å². The van der Waals surface area contributed by atoms with Gasteiger partial charge in [-0.2, -0.15) is 0 Å². The number of aliphatic hydroxyl groups is 1. The van der Waals surface area contributed by atoms with Gasteiger partial charge in [-0.25, -0.2) is 0 Å². The first-order chi connectivity index (χ1) is 10.3. The molecule has 0 amide bonds. The van der Waals surface area contributed by atoms with Gasteiger partial charge in [-0.15, -0.1) is 0 Å². The fourth-order valence-electron chi connectivity index (χ4n) is 5.75. The Kier molecular flexibility index (Phi) is 2.77. The lowest BCUT2D eigenvalue weighted by Crippen LogP contribution is -2.49. The molecule has 2 heteroatoms. The van der Waals surface area contributed by atoms with Gasteiger partial charge in [0.05, 0.1) is 5.60 Å². The zero-order valence-electron chi connectivity index (χ0n) is 13.9. The van der Waals surface area contributed by atoms with Gasteiger partial charge in [-0.1, -0.05) is 30.2 Å². The van der Waals surface area contributed by atoms with Crippen molar-refractivity contribution in [2.45, 2.75) is 58.5 Å². The number of hydrogen-bond acceptors (Lipinski definition) is 2. The minimum Gasteiger partial charge on any atom is -0.390 e. The molecule has 4 aliphatic carbocycles. The Labute approximate surface area is 133 Å². The van der Waals surface area contributed by atoms with Crippen LogP contribution in [0.5, 0.6) is 0 Å². The van der Waals surface area contributed by atoms with Gasteiger partial charge in [0.25, 0.3) is 0 Å². The van der Waals surface area contributed by atoms with E-state index < -0.39 is 5.60 Å². The molecule has 1 N–H and O–H groups in total. The van der Waals surface area contributed by atoms with Crippen LogP contribution in [-0.2, 0) is 4.79 Å². The molecule has 0 aromatic heterocycles. The number of hydrogen-bond donors (Lipinski definition) is 1. The standard InChI is InChI=1S/C20H26O2/c1-18-9-6-14(21)12-13(18)4-5-15-16(18)7-10-19(2)17(15)8-11-20(19,3)22/h6-7,9,12,15,17,22H,4-5,8,10-11H2,1-3H3/t15-,17+,18+,19-,20-/m1/s1. The first-order valence-electron chi connectivity index (χ1n) is 8.65. The first kappa shape index (κ1) is 14.4. The van der Waals surface area contributed by atoms with Gasteiger partial charge in [0.1, 0.15) is 0 Å². The molecule has 0 unspecified atom stereocenters. The zero-order valence-corrected chi connectivity index (χ0v) is 13.9. The largest absolute Gasteiger partial charge is 0.390 e. The van der Waals surface area contributed by atoms with E-state index in [0.29, 0.717) is 11.8 Å². The first-order valence-corrected chi connectivity index (χ1v) is 8.65. The van der Waals surface area contributed by atoms with Gasteiger partial charge in [0.2, 0.25) is 0 Å². The van der Waals surface area contributed by atoms with Crippen LogP contribution in [0, 0.1) is 22.7 Å². The predicted octanol–water partition coefficient (Wildman–Crippen LogP) is 3.97. The Morgan fingerprint density at radius 2 is 2.00 bits per heavy atom. The fourth-order valence-corrected chi connectivity index (χ4v) is 5.75. The van der Waals surface area contributed by atoms with Gasteiger partial charge < -0.3 is 5.11 Å². The lowest BCUT2D eigenvalue weighted by molar-refractivity contribution is -0.110. The molecule has 2 saturated carbocycles. The quantitative estimate of drug-likeness (QED) is 0.687. The van der Waals surface area contributed by atoms with Crippen LogP contribution in [0.15, 0.2) is 35.5 Å². The summed E-state index contributed by atoms with van der Waals surface area (Å²) in [4.78, 5) is 11.7. The summed E-state index contributed by atoms with van der Waals surface area (Å²) in [6, 6.07) is 0. The zero-order chi connectivity index (χ0) is 15.8. The van der Waals surface area contributed by atoms with Gasteiger partial charge in [0.15, 0.2) is 5.78 Å². The topological polar surface area (TPSA) is 37.3 Å². The van der Waals surface area contributed by atoms with Crippen LogP contribution in [0.2, 0.25) is 0 Å². The smallest absolute Gasteiger partial charge is 0.178 e. The summed E-state index contributed by atoms with van der Waals surface area (Å²) in [5, 5.41) is 10.9. The van der Waals surface area contributed by atoms with Crippen LogP contribution in [0.3, 0.4) is 0 Å². The minimum absolute atomic E-state index is 0.00689. The fraction of sp³-hybridized carbons (Fsp3) is 0.650. The molecule has 4 rings (SSSR count). The average molecular weight is 298 g/mol. The number of ketones is 1. The van der Waals surface area contributed by atoms with E-state index in [1.165, 1.54) is 11.1 Å². The number of carbonyl (C=O) groups is 1. The average Bonchev–Trinajstić information content (AvgIpc) is 2.70. The third kappa shape index (κ3) is 1.62. The van der Waals surface area contributed by atoms with Crippen molar-refractivity contribution >= 4 is 5.78 Å². The molecule has 0 aromatic carbocycles. The van der Waals surface area contributed by atoms with E-state index in [0.717, 1.165) is 32.1 Å². The summed E-state index contributed by atoms with van der Waals surface area (Å²) in [6.07, 6.45) is 13.3. The summed E-state index contributed by atoms with van der Waals surface area (Å²) >= 11 is 0. The second-order valence-electron chi connectivity index (χ2n) is 8.45. The third-order valence-electron chi connectivity index (χ3n) is 7.51. The van der Waals surface area contributed by atoms with E-state index >= 15 is 0 Å². The van der Waals surface area contributed by atoms with Crippen molar-refractivity contribution in [1.29, 1.82) is 0 Å². The van der Waals surface area contributed by atoms with Gasteiger partial charge in [0, 0.05) is 10.8 Å². The summed E-state index contributed by atoms with van der Waals surface area (Å²) in [5.74, 6) is 1.27. The molecule has 0 radical (unpaired) electrons. The molecule has 0 saturated heterocycles. The van der Waals surface area contributed by atoms with Crippen molar-refractivity contribution in [3.63, 3.8) is 0 Å². The molecule has 0 spiro atoms. The molecule has 0 aliphatic heterocycles. The minimum atomic E-state index is -0.547. The highest BCUT2D eigenvalue weighted by atomic mass is 16.3. The van der Waals surface area contributed by atoms with Crippen molar-refractivity contribution in [2.75, 3.05) is 0 Å². The van der Waals surface area contributed by atoms with Crippen LogP contribution in [0.25, 0.3) is 0 Å². The maximum absolute atomic E-state index is 11.7. The SMILES string of the molecule is C[C@]12C=CC(=O)C=C1CC[C@@H]1C2=CC[C@]2(C)[C@H]1CC[C@@]2(C)O. The number of fused-ring (bicyclic) bond motifs is 5. The number of rotatable bonds is 0. The van der Waals surface area contributed by atoms with E-state index in [1.54, 1.807) is 6.08 Å². The molecule has 22 heavy (non-hydrogen) atoms. The molecule has 2 nitrogen and oxygen atoms in total. The van der Waals surface area contributed by atoms with Crippen molar-refractivity contribution in [2.24, 2.45) is 22.7 Å². The molecular formula is C20H26O2. The summed E-state index contributed by atoms with van der Waals surface area (Å²) in [7, 11) is 0. The van der Waals surface area contributed by atoms with Crippen molar-refractivity contribution < 1.29 is 9.90 Å². The summed E-state index contributed by atoms with van der Waals surface area (Å²) < 4.78 is 0. The normalized spacial score (nSPS) is 49.9. The number of carbonyl (C=O) groups excluding carboxylic acids is 1.